The smallest absolute Gasteiger partial charge is 0.123 e. The second-order valence-corrected chi connectivity index (χ2v) is 4.52. The summed E-state index contributed by atoms with van der Waals surface area (Å²) in [5.41, 5.74) is 0.190. The normalized spacial score (nSPS) is 27.1. The van der Waals surface area contributed by atoms with Crippen LogP contribution in [0.5, 0.6) is 0 Å². The van der Waals surface area contributed by atoms with Crippen LogP contribution in [0, 0.1) is 5.82 Å². The SMILES string of the molecule is CN1CCC(O)(Cc2cccc(F)c2)C1. The monoisotopic (exact) mass is 209 g/mol. The van der Waals surface area contributed by atoms with Crippen LogP contribution < -0.4 is 0 Å². The molecule has 0 amide bonds. The Labute approximate surface area is 89.3 Å². The zero-order valence-electron chi connectivity index (χ0n) is 8.91. The summed E-state index contributed by atoms with van der Waals surface area (Å²) in [6, 6.07) is 6.47. The van der Waals surface area contributed by atoms with Gasteiger partial charge in [-0.2, -0.15) is 0 Å². The van der Waals surface area contributed by atoms with Crippen molar-refractivity contribution < 1.29 is 9.50 Å². The minimum absolute atomic E-state index is 0.234. The molecule has 82 valence electrons. The Morgan fingerprint density at radius 2 is 2.33 bits per heavy atom. The van der Waals surface area contributed by atoms with E-state index in [1.54, 1.807) is 6.07 Å². The Morgan fingerprint density at radius 1 is 1.53 bits per heavy atom. The molecule has 1 aliphatic rings. The highest BCUT2D eigenvalue weighted by atomic mass is 19.1. The van der Waals surface area contributed by atoms with Crippen molar-refractivity contribution in [3.63, 3.8) is 0 Å². The average Bonchev–Trinajstić information content (AvgIpc) is 2.45. The van der Waals surface area contributed by atoms with E-state index in [4.69, 9.17) is 0 Å². The van der Waals surface area contributed by atoms with Gasteiger partial charge in [-0.25, -0.2) is 4.39 Å². The number of benzene rings is 1. The molecular weight excluding hydrogens is 193 g/mol. The van der Waals surface area contributed by atoms with Crippen molar-refractivity contribution in [3.05, 3.63) is 35.6 Å². The molecule has 1 aliphatic heterocycles. The van der Waals surface area contributed by atoms with E-state index in [-0.39, 0.29) is 5.82 Å². The van der Waals surface area contributed by atoms with Gasteiger partial charge in [-0.1, -0.05) is 12.1 Å². The number of hydrogen-bond acceptors (Lipinski definition) is 2. The zero-order chi connectivity index (χ0) is 10.9. The fourth-order valence-corrected chi connectivity index (χ4v) is 2.23. The van der Waals surface area contributed by atoms with Gasteiger partial charge in [0.05, 0.1) is 5.60 Å². The molecule has 0 bridgehead atoms. The number of rotatable bonds is 2. The van der Waals surface area contributed by atoms with Crippen LogP contribution in [-0.2, 0) is 6.42 Å². The lowest BCUT2D eigenvalue weighted by Gasteiger charge is -2.22. The molecule has 0 aliphatic carbocycles. The Kier molecular flexibility index (Phi) is 2.76. The van der Waals surface area contributed by atoms with Gasteiger partial charge in [-0.05, 0) is 31.2 Å². The van der Waals surface area contributed by atoms with E-state index in [9.17, 15) is 9.50 Å². The first-order valence-electron chi connectivity index (χ1n) is 5.23. The third-order valence-electron chi connectivity index (χ3n) is 2.95. The van der Waals surface area contributed by atoms with Gasteiger partial charge in [-0.15, -0.1) is 0 Å². The van der Waals surface area contributed by atoms with E-state index in [2.05, 4.69) is 4.90 Å². The van der Waals surface area contributed by atoms with Crippen molar-refractivity contribution in [2.45, 2.75) is 18.4 Å². The maximum absolute atomic E-state index is 13.0. The van der Waals surface area contributed by atoms with Crippen molar-refractivity contribution in [1.29, 1.82) is 0 Å². The summed E-state index contributed by atoms with van der Waals surface area (Å²) in [6.07, 6.45) is 1.30. The van der Waals surface area contributed by atoms with E-state index in [0.29, 0.717) is 13.0 Å². The lowest BCUT2D eigenvalue weighted by molar-refractivity contribution is 0.0523. The van der Waals surface area contributed by atoms with Gasteiger partial charge in [0, 0.05) is 19.5 Å². The molecule has 1 saturated heterocycles. The summed E-state index contributed by atoms with van der Waals surface area (Å²) >= 11 is 0. The molecule has 1 aromatic rings. The lowest BCUT2D eigenvalue weighted by Crippen LogP contribution is -2.34. The van der Waals surface area contributed by atoms with Crippen molar-refractivity contribution in [2.24, 2.45) is 0 Å². The maximum Gasteiger partial charge on any atom is 0.123 e. The van der Waals surface area contributed by atoms with Gasteiger partial charge >= 0.3 is 0 Å². The van der Waals surface area contributed by atoms with Crippen LogP contribution in [0.15, 0.2) is 24.3 Å². The molecule has 2 nitrogen and oxygen atoms in total. The van der Waals surface area contributed by atoms with E-state index in [0.717, 1.165) is 18.5 Å². The van der Waals surface area contributed by atoms with Crippen LogP contribution in [0.25, 0.3) is 0 Å². The van der Waals surface area contributed by atoms with Gasteiger partial charge in [0.15, 0.2) is 0 Å². The molecule has 1 atom stereocenters. The van der Waals surface area contributed by atoms with E-state index >= 15 is 0 Å². The van der Waals surface area contributed by atoms with Crippen molar-refractivity contribution in [1.82, 2.24) is 4.90 Å². The summed E-state index contributed by atoms with van der Waals surface area (Å²) in [7, 11) is 1.99. The summed E-state index contributed by atoms with van der Waals surface area (Å²) in [5.74, 6) is -0.234. The second kappa shape index (κ2) is 3.91. The Bertz CT molecular complexity index is 355. The van der Waals surface area contributed by atoms with Gasteiger partial charge in [0.2, 0.25) is 0 Å². The second-order valence-electron chi connectivity index (χ2n) is 4.52. The van der Waals surface area contributed by atoms with Crippen LogP contribution in [0.3, 0.4) is 0 Å². The van der Waals surface area contributed by atoms with Crippen LogP contribution >= 0.6 is 0 Å². The quantitative estimate of drug-likeness (QED) is 0.796. The van der Waals surface area contributed by atoms with E-state index < -0.39 is 5.60 Å². The fraction of sp³-hybridized carbons (Fsp3) is 0.500. The molecule has 1 N–H and O–H groups in total. The zero-order valence-corrected chi connectivity index (χ0v) is 8.91. The summed E-state index contributed by atoms with van der Waals surface area (Å²) in [6.45, 7) is 1.58. The highest BCUT2D eigenvalue weighted by molar-refractivity contribution is 5.19. The predicted octanol–water partition coefficient (Wildman–Crippen LogP) is 1.43. The Balaban J connectivity index is 2.08. The molecule has 1 aromatic carbocycles. The molecule has 0 radical (unpaired) electrons. The highest BCUT2D eigenvalue weighted by Crippen LogP contribution is 2.24. The van der Waals surface area contributed by atoms with Crippen LogP contribution in [-0.4, -0.2) is 35.7 Å². The van der Waals surface area contributed by atoms with Gasteiger partial charge in [-0.3, -0.25) is 0 Å². The van der Waals surface area contributed by atoms with Crippen LogP contribution in [0.2, 0.25) is 0 Å². The maximum atomic E-state index is 13.0. The van der Waals surface area contributed by atoms with Crippen LogP contribution in [0.1, 0.15) is 12.0 Å². The topological polar surface area (TPSA) is 23.5 Å². The number of likely N-dealkylation sites (tertiary alicyclic amines) is 1. The average molecular weight is 209 g/mol. The number of aliphatic hydroxyl groups is 1. The summed E-state index contributed by atoms with van der Waals surface area (Å²) in [4.78, 5) is 2.10. The predicted molar refractivity (Wildman–Crippen MR) is 57.2 cm³/mol. The van der Waals surface area contributed by atoms with E-state index in [1.807, 2.05) is 13.1 Å². The number of likely N-dealkylation sites (N-methyl/N-ethyl adjacent to an activating group) is 1. The van der Waals surface area contributed by atoms with Crippen molar-refractivity contribution >= 4 is 0 Å². The fourth-order valence-electron chi connectivity index (χ4n) is 2.23. The van der Waals surface area contributed by atoms with Gasteiger partial charge in [0.25, 0.3) is 0 Å². The number of β-amino-alcohol motifs (C(OH)–C–C–N with tert-alkyl or cyclic N) is 1. The summed E-state index contributed by atoms with van der Waals surface area (Å²) in [5, 5.41) is 10.2. The molecule has 1 heterocycles. The van der Waals surface area contributed by atoms with Crippen LogP contribution in [0.4, 0.5) is 4.39 Å². The highest BCUT2D eigenvalue weighted by Gasteiger charge is 2.34. The molecule has 0 aromatic heterocycles. The summed E-state index contributed by atoms with van der Waals surface area (Å²) < 4.78 is 13.0. The molecule has 3 heteroatoms. The standard InChI is InChI=1S/C12H16FNO/c1-14-6-5-12(15,9-14)8-10-3-2-4-11(13)7-10/h2-4,7,15H,5-6,8-9H2,1H3. The molecule has 0 saturated carbocycles. The third kappa shape index (κ3) is 2.55. The molecule has 2 rings (SSSR count). The molecule has 0 spiro atoms. The number of halogens is 1. The molecule has 15 heavy (non-hydrogen) atoms. The first-order valence-corrected chi connectivity index (χ1v) is 5.23. The number of hydrogen-bond donors (Lipinski definition) is 1. The largest absolute Gasteiger partial charge is 0.388 e. The lowest BCUT2D eigenvalue weighted by atomic mass is 9.94. The minimum atomic E-state index is -0.678. The van der Waals surface area contributed by atoms with Crippen molar-refractivity contribution in [2.75, 3.05) is 20.1 Å². The van der Waals surface area contributed by atoms with Crippen molar-refractivity contribution in [3.8, 4) is 0 Å². The van der Waals surface area contributed by atoms with Gasteiger partial charge < -0.3 is 10.0 Å². The first kappa shape index (κ1) is 10.6. The molecule has 1 unspecified atom stereocenters. The van der Waals surface area contributed by atoms with Gasteiger partial charge in [0.1, 0.15) is 5.82 Å². The Morgan fingerprint density at radius 3 is 2.93 bits per heavy atom. The molecular formula is C12H16FNO. The Hall–Kier alpha value is -0.930. The minimum Gasteiger partial charge on any atom is -0.388 e. The first-order chi connectivity index (χ1) is 7.07. The number of nitrogens with zero attached hydrogens (tertiary/aromatic N) is 1. The van der Waals surface area contributed by atoms with E-state index in [1.165, 1.54) is 12.1 Å². The molecule has 1 fully saturated rings. The third-order valence-corrected chi connectivity index (χ3v) is 2.95.